The second-order valence-corrected chi connectivity index (χ2v) is 5.55. The molecular weight excluding hydrogens is 301 g/mol. The minimum atomic E-state index is -0.0495. The maximum absolute atomic E-state index is 13.0. The van der Waals surface area contributed by atoms with Gasteiger partial charge in [0.15, 0.2) is 5.75 Å². The minimum Gasteiger partial charge on any atom is -0.455 e. The molecule has 0 aliphatic rings. The lowest BCUT2D eigenvalue weighted by Crippen LogP contribution is -2.11. The Labute approximate surface area is 133 Å². The summed E-state index contributed by atoms with van der Waals surface area (Å²) in [6.45, 7) is 0.705. The summed E-state index contributed by atoms with van der Waals surface area (Å²) in [6.07, 6.45) is 0. The monoisotopic (exact) mass is 317 g/mol. The van der Waals surface area contributed by atoms with Crippen molar-refractivity contribution in [1.29, 1.82) is 5.26 Å². The quantitative estimate of drug-likeness (QED) is 0.845. The van der Waals surface area contributed by atoms with Crippen molar-refractivity contribution in [2.75, 3.05) is 19.8 Å². The van der Waals surface area contributed by atoms with Gasteiger partial charge in [-0.15, -0.1) is 0 Å². The van der Waals surface area contributed by atoms with Crippen LogP contribution in [0.2, 0.25) is 0 Å². The van der Waals surface area contributed by atoms with Crippen LogP contribution in [0.4, 0.5) is 9.57 Å². The first-order valence-electron chi connectivity index (χ1n) is 6.58. The van der Waals surface area contributed by atoms with Gasteiger partial charge in [-0.1, -0.05) is 18.2 Å². The van der Waals surface area contributed by atoms with Crippen molar-refractivity contribution in [2.45, 2.75) is 11.4 Å². The van der Waals surface area contributed by atoms with Gasteiger partial charge in [-0.3, -0.25) is 0 Å². The summed E-state index contributed by atoms with van der Waals surface area (Å²) < 4.78 is 18.9. The number of halogens is 1. The van der Waals surface area contributed by atoms with Crippen LogP contribution in [0, 0.1) is 11.3 Å². The van der Waals surface area contributed by atoms with Gasteiger partial charge >= 0.3 is 0 Å². The second-order valence-electron chi connectivity index (χ2n) is 4.99. The summed E-state index contributed by atoms with van der Waals surface area (Å²) in [5.41, 5.74) is 7.24. The number of hydrogen-bond acceptors (Lipinski definition) is 5. The summed E-state index contributed by atoms with van der Waals surface area (Å²) in [5, 5.41) is 8.97. The maximum atomic E-state index is 13.0. The third-order valence-corrected chi connectivity index (χ3v) is 3.63. The first kappa shape index (κ1) is 16.1. The van der Waals surface area contributed by atoms with Gasteiger partial charge in [0.05, 0.1) is 28.3 Å². The molecule has 0 spiro atoms. The third kappa shape index (κ3) is 3.50. The number of nitriles is 1. The highest BCUT2D eigenvalue weighted by Crippen LogP contribution is 2.38. The molecule has 0 radical (unpaired) electrons. The number of nitrogen functional groups attached to an aromatic ring is 1. The molecule has 2 N–H and O–H groups in total. The minimum absolute atomic E-state index is 0.0495. The molecule has 0 aliphatic heterocycles. The summed E-state index contributed by atoms with van der Waals surface area (Å²) in [4.78, 5) is 2.11. The molecule has 0 saturated heterocycles. The van der Waals surface area contributed by atoms with Crippen molar-refractivity contribution < 1.29 is 8.62 Å². The Balaban J connectivity index is 2.38. The fraction of sp³-hybridized carbons (Fsp3) is 0.188. The molecule has 0 atom stereocenters. The van der Waals surface area contributed by atoms with E-state index in [-0.39, 0.29) is 28.3 Å². The van der Waals surface area contributed by atoms with Gasteiger partial charge < -0.3 is 15.4 Å². The highest BCUT2D eigenvalue weighted by molar-refractivity contribution is 7.94. The average molecular weight is 317 g/mol. The van der Waals surface area contributed by atoms with Crippen molar-refractivity contribution in [3.63, 3.8) is 0 Å². The number of hydrogen-bond donors (Lipinski definition) is 1. The van der Waals surface area contributed by atoms with Gasteiger partial charge in [0.2, 0.25) is 0 Å². The Morgan fingerprint density at radius 2 is 1.95 bits per heavy atom. The molecule has 2 rings (SSSR count). The predicted molar refractivity (Wildman–Crippen MR) is 86.4 cm³/mol. The number of benzene rings is 2. The largest absolute Gasteiger partial charge is 0.455 e. The molecule has 4 nitrogen and oxygen atoms in total. The molecule has 6 heteroatoms. The maximum Gasteiger partial charge on any atom is 0.151 e. The fourth-order valence-corrected chi connectivity index (χ4v) is 2.42. The number of rotatable bonds is 5. The van der Waals surface area contributed by atoms with Gasteiger partial charge in [0, 0.05) is 12.1 Å². The van der Waals surface area contributed by atoms with Gasteiger partial charge in [-0.25, -0.2) is 0 Å². The van der Waals surface area contributed by atoms with E-state index in [0.29, 0.717) is 18.0 Å². The standard InChI is InChI=1S/C16H16FN3OS/c1-20(2)10-12-5-3-4-6-13(12)21-14-8-7-11(9-18)16(22-17)15(14)19/h3-8H,10,19H2,1-2H3. The van der Waals surface area contributed by atoms with Gasteiger partial charge in [0.1, 0.15) is 11.8 Å². The van der Waals surface area contributed by atoms with Gasteiger partial charge in [0.25, 0.3) is 0 Å². The molecule has 114 valence electrons. The predicted octanol–water partition coefficient (Wildman–Crippen LogP) is 3.97. The molecular formula is C16H16FN3OS. The molecule has 0 unspecified atom stereocenters. The number of para-hydroxylation sites is 1. The zero-order valence-electron chi connectivity index (χ0n) is 12.3. The van der Waals surface area contributed by atoms with Crippen LogP contribution in [0.3, 0.4) is 0 Å². The van der Waals surface area contributed by atoms with E-state index >= 15 is 0 Å². The van der Waals surface area contributed by atoms with Crippen molar-refractivity contribution in [1.82, 2.24) is 4.90 Å². The Morgan fingerprint density at radius 3 is 2.59 bits per heavy atom. The SMILES string of the molecule is CN(C)Cc1ccccc1Oc1ccc(C#N)c(SF)c1N. The molecule has 22 heavy (non-hydrogen) atoms. The topological polar surface area (TPSA) is 62.3 Å². The molecule has 0 bridgehead atoms. The number of nitrogens with zero attached hydrogens (tertiary/aromatic N) is 2. The van der Waals surface area contributed by atoms with Crippen LogP contribution in [0.5, 0.6) is 11.5 Å². The normalized spacial score (nSPS) is 10.5. The van der Waals surface area contributed by atoms with Crippen LogP contribution in [0.15, 0.2) is 41.3 Å². The summed E-state index contributed by atoms with van der Waals surface area (Å²) >= 11 is -0.0495. The summed E-state index contributed by atoms with van der Waals surface area (Å²) in [7, 11) is 3.93. The highest BCUT2D eigenvalue weighted by Gasteiger charge is 2.15. The lowest BCUT2D eigenvalue weighted by molar-refractivity contribution is 0.389. The Kier molecular flexibility index (Phi) is 5.26. The molecule has 0 heterocycles. The molecule has 0 aromatic heterocycles. The van der Waals surface area contributed by atoms with Crippen molar-refractivity contribution >= 4 is 17.8 Å². The Bertz CT molecular complexity index is 713. The van der Waals surface area contributed by atoms with Crippen molar-refractivity contribution in [2.24, 2.45) is 0 Å². The first-order valence-corrected chi connectivity index (χ1v) is 7.30. The zero-order chi connectivity index (χ0) is 16.1. The van der Waals surface area contributed by atoms with Crippen LogP contribution in [-0.2, 0) is 6.54 Å². The van der Waals surface area contributed by atoms with Crippen LogP contribution in [-0.4, -0.2) is 19.0 Å². The Hall–Kier alpha value is -2.23. The lowest BCUT2D eigenvalue weighted by Gasteiger charge is -2.16. The van der Waals surface area contributed by atoms with Crippen LogP contribution < -0.4 is 10.5 Å². The van der Waals surface area contributed by atoms with E-state index in [9.17, 15) is 3.89 Å². The first-order chi connectivity index (χ1) is 10.6. The van der Waals surface area contributed by atoms with E-state index < -0.39 is 0 Å². The fourth-order valence-electron chi connectivity index (χ4n) is 2.03. The van der Waals surface area contributed by atoms with E-state index in [4.69, 9.17) is 15.7 Å². The number of ether oxygens (including phenoxy) is 1. The smallest absolute Gasteiger partial charge is 0.151 e. The lowest BCUT2D eigenvalue weighted by atomic mass is 10.1. The summed E-state index contributed by atoms with van der Waals surface area (Å²) in [6, 6.07) is 12.6. The van der Waals surface area contributed by atoms with Gasteiger partial charge in [-0.05, 0) is 32.3 Å². The molecule has 2 aromatic rings. The van der Waals surface area contributed by atoms with E-state index in [1.807, 2.05) is 49.3 Å². The molecule has 0 amide bonds. The second kappa shape index (κ2) is 7.16. The Morgan fingerprint density at radius 1 is 1.23 bits per heavy atom. The molecule has 0 aliphatic carbocycles. The van der Waals surface area contributed by atoms with Crippen molar-refractivity contribution in [3.05, 3.63) is 47.5 Å². The molecule has 0 fully saturated rings. The molecule has 2 aromatic carbocycles. The van der Waals surface area contributed by atoms with Crippen LogP contribution in [0.25, 0.3) is 0 Å². The van der Waals surface area contributed by atoms with Crippen LogP contribution in [0.1, 0.15) is 11.1 Å². The van der Waals surface area contributed by atoms with Gasteiger partial charge in [-0.2, -0.15) is 9.15 Å². The number of nitrogens with two attached hydrogens (primary N) is 1. The van der Waals surface area contributed by atoms with Crippen molar-refractivity contribution in [3.8, 4) is 17.6 Å². The third-order valence-electron chi connectivity index (χ3n) is 3.03. The zero-order valence-corrected chi connectivity index (χ0v) is 13.2. The highest BCUT2D eigenvalue weighted by atomic mass is 32.2. The van der Waals surface area contributed by atoms with E-state index in [0.717, 1.165) is 5.56 Å². The van der Waals surface area contributed by atoms with Crippen LogP contribution >= 0.6 is 12.1 Å². The average Bonchev–Trinajstić information content (AvgIpc) is 2.50. The van der Waals surface area contributed by atoms with E-state index in [1.54, 1.807) is 6.07 Å². The number of anilines is 1. The molecule has 0 saturated carbocycles. The van der Waals surface area contributed by atoms with E-state index in [2.05, 4.69) is 0 Å². The van der Waals surface area contributed by atoms with E-state index in [1.165, 1.54) is 6.07 Å². The summed E-state index contributed by atoms with van der Waals surface area (Å²) in [5.74, 6) is 0.993.